The number of benzene rings is 1. The lowest BCUT2D eigenvalue weighted by Crippen LogP contribution is -2.05. The second kappa shape index (κ2) is 6.21. The fourth-order valence-electron chi connectivity index (χ4n) is 1.32. The molecule has 6 nitrogen and oxygen atoms in total. The van der Waals surface area contributed by atoms with Gasteiger partial charge in [0.2, 0.25) is 0 Å². The molecule has 0 saturated heterocycles. The first kappa shape index (κ1) is 15.7. The molecule has 0 atom stereocenters. The molecule has 1 aromatic carbocycles. The normalized spacial score (nSPS) is 11.6. The van der Waals surface area contributed by atoms with E-state index in [1.165, 1.54) is 12.1 Å². The summed E-state index contributed by atoms with van der Waals surface area (Å²) in [4.78, 5) is 9.55. The summed E-state index contributed by atoms with van der Waals surface area (Å²) in [5, 5.41) is 10.6. The van der Waals surface area contributed by atoms with Crippen LogP contribution in [-0.4, -0.2) is 19.9 Å². The highest BCUT2D eigenvalue weighted by Gasteiger charge is 2.21. The van der Waals surface area contributed by atoms with Crippen molar-refractivity contribution >= 4 is 25.4 Å². The molecule has 0 fully saturated rings. The Kier molecular flexibility index (Phi) is 5.13. The topological polar surface area (TPSA) is 86.5 Å². The van der Waals surface area contributed by atoms with Gasteiger partial charge in [-0.15, -0.1) is 0 Å². The molecule has 0 heterocycles. The highest BCUT2D eigenvalue weighted by Crippen LogP contribution is 2.31. The van der Waals surface area contributed by atoms with E-state index in [1.807, 2.05) is 13.8 Å². The van der Waals surface area contributed by atoms with Gasteiger partial charge in [0.1, 0.15) is 10.6 Å². The van der Waals surface area contributed by atoms with Crippen LogP contribution >= 0.6 is 10.7 Å². The van der Waals surface area contributed by atoms with Crippen molar-refractivity contribution in [3.8, 4) is 5.75 Å². The van der Waals surface area contributed by atoms with Crippen molar-refractivity contribution < 1.29 is 18.1 Å². The van der Waals surface area contributed by atoms with E-state index >= 15 is 0 Å². The largest absolute Gasteiger partial charge is 0.492 e. The van der Waals surface area contributed by atoms with Gasteiger partial charge in [-0.25, -0.2) is 8.42 Å². The Balaban J connectivity index is 3.07. The van der Waals surface area contributed by atoms with Crippen LogP contribution < -0.4 is 4.74 Å². The van der Waals surface area contributed by atoms with Crippen LogP contribution in [0.2, 0.25) is 0 Å². The van der Waals surface area contributed by atoms with Crippen LogP contribution in [0.25, 0.3) is 0 Å². The minimum atomic E-state index is -4.10. The van der Waals surface area contributed by atoms with Crippen molar-refractivity contribution in [2.45, 2.75) is 25.2 Å². The van der Waals surface area contributed by atoms with E-state index in [0.717, 1.165) is 12.5 Å². The Morgan fingerprint density at radius 1 is 1.42 bits per heavy atom. The van der Waals surface area contributed by atoms with Crippen LogP contribution in [0.5, 0.6) is 5.75 Å². The summed E-state index contributed by atoms with van der Waals surface area (Å²) >= 11 is 0. The predicted octanol–water partition coefficient (Wildman–Crippen LogP) is 2.95. The summed E-state index contributed by atoms with van der Waals surface area (Å²) in [6.45, 7) is 4.31. The average molecular weight is 308 g/mol. The summed E-state index contributed by atoms with van der Waals surface area (Å²) in [6, 6.07) is 3.32. The first-order chi connectivity index (χ1) is 8.71. The standard InChI is InChI=1S/C11H14ClNO5S/c1-8(2)5-6-18-10-4-3-9(13(14)15)7-11(10)19(12,16)17/h3-4,7-8H,5-6H2,1-2H3. The zero-order valence-corrected chi connectivity index (χ0v) is 12.1. The second-order valence-corrected chi connectivity index (χ2v) is 6.89. The van der Waals surface area contributed by atoms with Gasteiger partial charge in [-0.05, 0) is 18.4 Å². The maximum absolute atomic E-state index is 11.4. The summed E-state index contributed by atoms with van der Waals surface area (Å²) in [5.74, 6) is 0.426. The van der Waals surface area contributed by atoms with Gasteiger partial charge >= 0.3 is 0 Å². The molecular weight excluding hydrogens is 294 g/mol. The summed E-state index contributed by atoms with van der Waals surface area (Å²) in [7, 11) is 1.15. The third-order valence-electron chi connectivity index (χ3n) is 2.35. The number of ether oxygens (including phenoxy) is 1. The van der Waals surface area contributed by atoms with E-state index in [1.54, 1.807) is 0 Å². The van der Waals surface area contributed by atoms with Gasteiger partial charge in [0, 0.05) is 22.8 Å². The average Bonchev–Trinajstić information content (AvgIpc) is 2.27. The molecule has 1 aromatic rings. The van der Waals surface area contributed by atoms with E-state index in [2.05, 4.69) is 0 Å². The van der Waals surface area contributed by atoms with Crippen molar-refractivity contribution in [1.82, 2.24) is 0 Å². The number of hydrogen-bond acceptors (Lipinski definition) is 5. The van der Waals surface area contributed by atoms with Gasteiger partial charge in [0.15, 0.2) is 0 Å². The molecule has 0 spiro atoms. The quantitative estimate of drug-likeness (QED) is 0.458. The second-order valence-electron chi connectivity index (χ2n) is 4.36. The highest BCUT2D eigenvalue weighted by atomic mass is 35.7. The minimum Gasteiger partial charge on any atom is -0.492 e. The Labute approximate surface area is 115 Å². The molecular formula is C11H14ClNO5S. The molecule has 0 saturated carbocycles. The summed E-state index contributed by atoms with van der Waals surface area (Å²) in [5.41, 5.74) is -0.351. The number of non-ortho nitro benzene ring substituents is 1. The fourth-order valence-corrected chi connectivity index (χ4v) is 2.32. The lowest BCUT2D eigenvalue weighted by molar-refractivity contribution is -0.385. The zero-order valence-electron chi connectivity index (χ0n) is 10.5. The molecule has 19 heavy (non-hydrogen) atoms. The molecule has 1 rings (SSSR count). The zero-order chi connectivity index (χ0) is 14.6. The van der Waals surface area contributed by atoms with E-state index < -0.39 is 14.0 Å². The van der Waals surface area contributed by atoms with Crippen molar-refractivity contribution in [2.24, 2.45) is 5.92 Å². The molecule has 0 N–H and O–H groups in total. The maximum Gasteiger partial charge on any atom is 0.271 e. The Hall–Kier alpha value is -1.34. The number of hydrogen-bond donors (Lipinski definition) is 0. The number of nitrogens with zero attached hydrogens (tertiary/aromatic N) is 1. The number of halogens is 1. The van der Waals surface area contributed by atoms with Gasteiger partial charge in [-0.1, -0.05) is 13.8 Å². The number of nitro groups is 1. The Morgan fingerprint density at radius 2 is 2.05 bits per heavy atom. The van der Waals surface area contributed by atoms with Crippen LogP contribution in [0, 0.1) is 16.0 Å². The molecule has 0 amide bonds. The number of nitro benzene ring substituents is 1. The minimum absolute atomic E-state index is 0.0289. The molecule has 8 heteroatoms. The smallest absolute Gasteiger partial charge is 0.271 e. The maximum atomic E-state index is 11.4. The van der Waals surface area contributed by atoms with E-state index in [4.69, 9.17) is 15.4 Å². The van der Waals surface area contributed by atoms with Gasteiger partial charge in [0.25, 0.3) is 14.7 Å². The van der Waals surface area contributed by atoms with Crippen LogP contribution in [0.3, 0.4) is 0 Å². The predicted molar refractivity (Wildman–Crippen MR) is 71.1 cm³/mol. The molecule has 0 aromatic heterocycles. The van der Waals surface area contributed by atoms with Crippen molar-refractivity contribution in [2.75, 3.05) is 6.61 Å². The lowest BCUT2D eigenvalue weighted by Gasteiger charge is -2.10. The SMILES string of the molecule is CC(C)CCOc1ccc([N+](=O)[O-])cc1S(=O)(=O)Cl. The molecule has 0 radical (unpaired) electrons. The van der Waals surface area contributed by atoms with Crippen molar-refractivity contribution in [1.29, 1.82) is 0 Å². The lowest BCUT2D eigenvalue weighted by atomic mass is 10.1. The number of rotatable bonds is 6. The van der Waals surface area contributed by atoms with Gasteiger partial charge in [-0.2, -0.15) is 0 Å². The first-order valence-electron chi connectivity index (χ1n) is 5.57. The Morgan fingerprint density at radius 3 is 2.53 bits per heavy atom. The summed E-state index contributed by atoms with van der Waals surface area (Å²) < 4.78 is 28.1. The van der Waals surface area contributed by atoms with Crippen molar-refractivity contribution in [3.05, 3.63) is 28.3 Å². The molecule has 106 valence electrons. The molecule has 0 aliphatic carbocycles. The van der Waals surface area contributed by atoms with Crippen molar-refractivity contribution in [3.63, 3.8) is 0 Å². The fraction of sp³-hybridized carbons (Fsp3) is 0.455. The highest BCUT2D eigenvalue weighted by molar-refractivity contribution is 8.13. The summed E-state index contributed by atoms with van der Waals surface area (Å²) in [6.07, 6.45) is 0.735. The first-order valence-corrected chi connectivity index (χ1v) is 7.88. The van der Waals surface area contributed by atoms with E-state index in [9.17, 15) is 18.5 Å². The monoisotopic (exact) mass is 307 g/mol. The van der Waals surface area contributed by atoms with E-state index in [-0.39, 0.29) is 16.3 Å². The molecule has 0 unspecified atom stereocenters. The van der Waals surface area contributed by atoms with Gasteiger partial charge < -0.3 is 4.74 Å². The van der Waals surface area contributed by atoms with E-state index in [0.29, 0.717) is 12.5 Å². The molecule has 0 aliphatic heterocycles. The van der Waals surface area contributed by atoms with Crippen LogP contribution in [0.4, 0.5) is 5.69 Å². The van der Waals surface area contributed by atoms with Crippen LogP contribution in [-0.2, 0) is 9.05 Å². The van der Waals surface area contributed by atoms with Crippen LogP contribution in [0.1, 0.15) is 20.3 Å². The molecule has 0 aliphatic rings. The third kappa shape index (κ3) is 4.68. The molecule has 0 bridgehead atoms. The third-order valence-corrected chi connectivity index (χ3v) is 3.70. The van der Waals surface area contributed by atoms with Gasteiger partial charge in [0.05, 0.1) is 11.5 Å². The Bertz CT molecular complexity index is 570. The van der Waals surface area contributed by atoms with Crippen LogP contribution in [0.15, 0.2) is 23.1 Å². The van der Waals surface area contributed by atoms with Gasteiger partial charge in [-0.3, -0.25) is 10.1 Å².